The lowest BCUT2D eigenvalue weighted by molar-refractivity contribution is 0.0940. The Morgan fingerprint density at radius 3 is 2.90 bits per heavy atom. The molecule has 1 amide bonds. The summed E-state index contributed by atoms with van der Waals surface area (Å²) in [5, 5.41) is 3.26. The van der Waals surface area contributed by atoms with Crippen molar-refractivity contribution in [1.82, 2.24) is 5.32 Å². The van der Waals surface area contributed by atoms with Gasteiger partial charge >= 0.3 is 0 Å². The van der Waals surface area contributed by atoms with Gasteiger partial charge in [-0.15, -0.1) is 11.3 Å². The Morgan fingerprint density at radius 2 is 2.24 bits per heavy atom. The highest BCUT2D eigenvalue weighted by Crippen LogP contribution is 2.37. The molecule has 1 heterocycles. The number of fused-ring (bicyclic) bond motifs is 1. The molecule has 3 rings (SSSR count). The van der Waals surface area contributed by atoms with Crippen molar-refractivity contribution in [2.24, 2.45) is 11.3 Å². The van der Waals surface area contributed by atoms with Gasteiger partial charge in [0.1, 0.15) is 0 Å². The average Bonchev–Trinajstić information content (AvgIpc) is 3.00. The van der Waals surface area contributed by atoms with Gasteiger partial charge in [0.2, 0.25) is 0 Å². The molecule has 116 valence electrons. The number of hydrogen-bond acceptors (Lipinski definition) is 2. The molecule has 1 aromatic rings. The van der Waals surface area contributed by atoms with Crippen molar-refractivity contribution >= 4 is 17.2 Å². The summed E-state index contributed by atoms with van der Waals surface area (Å²) in [6, 6.07) is 2.53. The Kier molecular flexibility index (Phi) is 4.13. The van der Waals surface area contributed by atoms with Gasteiger partial charge in [0.05, 0.1) is 4.88 Å². The Balaban J connectivity index is 1.65. The highest BCUT2D eigenvalue weighted by molar-refractivity contribution is 7.14. The summed E-state index contributed by atoms with van der Waals surface area (Å²) in [5.74, 6) is 0.976. The normalized spacial score (nSPS) is 27.4. The van der Waals surface area contributed by atoms with Crippen LogP contribution in [0.5, 0.6) is 0 Å². The molecule has 0 saturated heterocycles. The van der Waals surface area contributed by atoms with Gasteiger partial charge in [-0.3, -0.25) is 4.79 Å². The maximum absolute atomic E-state index is 12.5. The zero-order chi connectivity index (χ0) is 15.0. The summed E-state index contributed by atoms with van der Waals surface area (Å²) in [6.07, 6.45) is 8.35. The van der Waals surface area contributed by atoms with Crippen LogP contribution < -0.4 is 5.32 Å². The number of nitrogens with one attached hydrogen (secondary N) is 1. The van der Waals surface area contributed by atoms with Gasteiger partial charge in [-0.05, 0) is 61.5 Å². The first-order valence-corrected chi connectivity index (χ1v) is 9.21. The van der Waals surface area contributed by atoms with Crippen LogP contribution in [-0.4, -0.2) is 11.9 Å². The average molecular weight is 305 g/mol. The van der Waals surface area contributed by atoms with Crippen LogP contribution in [-0.2, 0) is 12.8 Å². The van der Waals surface area contributed by atoms with E-state index in [0.29, 0.717) is 11.5 Å². The second-order valence-electron chi connectivity index (χ2n) is 7.65. The molecule has 1 N–H and O–H groups in total. The van der Waals surface area contributed by atoms with E-state index in [0.717, 1.165) is 23.6 Å². The van der Waals surface area contributed by atoms with Crippen molar-refractivity contribution < 1.29 is 4.79 Å². The van der Waals surface area contributed by atoms with Crippen molar-refractivity contribution in [3.63, 3.8) is 0 Å². The number of hydrogen-bond donors (Lipinski definition) is 1. The monoisotopic (exact) mass is 305 g/mol. The molecule has 1 fully saturated rings. The third-order valence-electron chi connectivity index (χ3n) is 5.29. The number of amides is 1. The molecule has 1 aromatic heterocycles. The third-order valence-corrected chi connectivity index (χ3v) is 6.53. The smallest absolute Gasteiger partial charge is 0.261 e. The highest BCUT2D eigenvalue weighted by Gasteiger charge is 2.32. The topological polar surface area (TPSA) is 29.1 Å². The lowest BCUT2D eigenvalue weighted by Crippen LogP contribution is -2.33. The SMILES string of the molecule is CCC1CCc2sc(C(=O)NC3CCC(C)(C)C3)cc2C1. The standard InChI is InChI=1S/C18H27NOS/c1-4-12-5-6-15-13(9-12)10-16(21-15)17(20)19-14-7-8-18(2,3)11-14/h10,12,14H,4-9,11H2,1-3H3,(H,19,20). The molecule has 0 bridgehead atoms. The predicted molar refractivity (Wildman–Crippen MR) is 89.0 cm³/mol. The zero-order valence-corrected chi connectivity index (χ0v) is 14.3. The molecule has 2 aliphatic carbocycles. The fourth-order valence-electron chi connectivity index (χ4n) is 3.88. The van der Waals surface area contributed by atoms with Gasteiger partial charge in [0.15, 0.2) is 0 Å². The van der Waals surface area contributed by atoms with Crippen LogP contribution in [0, 0.1) is 11.3 Å². The summed E-state index contributed by atoms with van der Waals surface area (Å²) < 4.78 is 0. The van der Waals surface area contributed by atoms with Gasteiger partial charge in [-0.25, -0.2) is 0 Å². The number of carbonyl (C=O) groups is 1. The fourth-order valence-corrected chi connectivity index (χ4v) is 4.99. The van der Waals surface area contributed by atoms with E-state index in [9.17, 15) is 4.79 Å². The molecule has 21 heavy (non-hydrogen) atoms. The minimum Gasteiger partial charge on any atom is -0.349 e. The zero-order valence-electron chi connectivity index (χ0n) is 13.5. The molecule has 0 radical (unpaired) electrons. The number of carbonyl (C=O) groups excluding carboxylic acids is 1. The van der Waals surface area contributed by atoms with E-state index >= 15 is 0 Å². The summed E-state index contributed by atoms with van der Waals surface area (Å²) in [7, 11) is 0. The van der Waals surface area contributed by atoms with Crippen LogP contribution in [0.25, 0.3) is 0 Å². The summed E-state index contributed by atoms with van der Waals surface area (Å²) >= 11 is 1.73. The van der Waals surface area contributed by atoms with E-state index in [4.69, 9.17) is 0 Å². The Bertz CT molecular complexity index is 531. The Hall–Kier alpha value is -0.830. The van der Waals surface area contributed by atoms with Crippen LogP contribution in [0.15, 0.2) is 6.07 Å². The third kappa shape index (κ3) is 3.33. The molecular weight excluding hydrogens is 278 g/mol. The van der Waals surface area contributed by atoms with Gasteiger partial charge < -0.3 is 5.32 Å². The first-order valence-electron chi connectivity index (χ1n) is 8.39. The second kappa shape index (κ2) is 5.75. The van der Waals surface area contributed by atoms with Gasteiger partial charge in [-0.2, -0.15) is 0 Å². The van der Waals surface area contributed by atoms with Crippen molar-refractivity contribution in [2.75, 3.05) is 0 Å². The molecule has 0 spiro atoms. The van der Waals surface area contributed by atoms with Crippen LogP contribution in [0.1, 0.15) is 73.0 Å². The van der Waals surface area contributed by atoms with Crippen LogP contribution in [0.2, 0.25) is 0 Å². The first-order chi connectivity index (χ1) is 9.97. The maximum atomic E-state index is 12.5. The van der Waals surface area contributed by atoms with E-state index in [-0.39, 0.29) is 5.91 Å². The predicted octanol–water partition coefficient (Wildman–Crippen LogP) is 4.57. The Labute approximate surface area is 132 Å². The molecule has 2 nitrogen and oxygen atoms in total. The van der Waals surface area contributed by atoms with E-state index in [1.807, 2.05) is 0 Å². The molecule has 2 unspecified atom stereocenters. The molecule has 2 atom stereocenters. The number of aryl methyl sites for hydroxylation is 1. The number of rotatable bonds is 3. The van der Waals surface area contributed by atoms with Crippen LogP contribution in [0.3, 0.4) is 0 Å². The van der Waals surface area contributed by atoms with Crippen molar-refractivity contribution in [3.8, 4) is 0 Å². The maximum Gasteiger partial charge on any atom is 0.261 e. The lowest BCUT2D eigenvalue weighted by atomic mass is 9.87. The fraction of sp³-hybridized carbons (Fsp3) is 0.722. The summed E-state index contributed by atoms with van der Waals surface area (Å²) in [4.78, 5) is 14.9. The number of thiophene rings is 1. The molecular formula is C18H27NOS. The van der Waals surface area contributed by atoms with E-state index in [1.165, 1.54) is 42.5 Å². The summed E-state index contributed by atoms with van der Waals surface area (Å²) in [5.41, 5.74) is 1.83. The van der Waals surface area contributed by atoms with Gasteiger partial charge in [-0.1, -0.05) is 27.2 Å². The van der Waals surface area contributed by atoms with E-state index < -0.39 is 0 Å². The highest BCUT2D eigenvalue weighted by atomic mass is 32.1. The van der Waals surface area contributed by atoms with Gasteiger partial charge in [0.25, 0.3) is 5.91 Å². The minimum absolute atomic E-state index is 0.158. The summed E-state index contributed by atoms with van der Waals surface area (Å²) in [6.45, 7) is 6.87. The van der Waals surface area contributed by atoms with Crippen molar-refractivity contribution in [1.29, 1.82) is 0 Å². The molecule has 3 heteroatoms. The molecule has 0 aromatic carbocycles. The van der Waals surface area contributed by atoms with E-state index in [2.05, 4.69) is 32.2 Å². The van der Waals surface area contributed by atoms with Gasteiger partial charge in [0, 0.05) is 10.9 Å². The quantitative estimate of drug-likeness (QED) is 0.870. The molecule has 0 aliphatic heterocycles. The van der Waals surface area contributed by atoms with E-state index in [1.54, 1.807) is 11.3 Å². The molecule has 1 saturated carbocycles. The second-order valence-corrected chi connectivity index (χ2v) is 8.79. The first kappa shape index (κ1) is 15.1. The van der Waals surface area contributed by atoms with Crippen LogP contribution >= 0.6 is 11.3 Å². The minimum atomic E-state index is 0.158. The Morgan fingerprint density at radius 1 is 1.43 bits per heavy atom. The molecule has 2 aliphatic rings. The van der Waals surface area contributed by atoms with Crippen molar-refractivity contribution in [3.05, 3.63) is 21.4 Å². The largest absolute Gasteiger partial charge is 0.349 e. The van der Waals surface area contributed by atoms with Crippen LogP contribution in [0.4, 0.5) is 0 Å². The lowest BCUT2D eigenvalue weighted by Gasteiger charge is -2.19. The van der Waals surface area contributed by atoms with Crippen molar-refractivity contribution in [2.45, 2.75) is 71.8 Å².